The first-order chi connectivity index (χ1) is 10.1. The Morgan fingerprint density at radius 1 is 1.14 bits per heavy atom. The second-order valence-electron chi connectivity index (χ2n) is 4.40. The third kappa shape index (κ3) is 4.75. The molecule has 1 amide bonds. The number of amides is 1. The zero-order chi connectivity index (χ0) is 15.1. The van der Waals surface area contributed by atoms with Gasteiger partial charge in [-0.15, -0.1) is 0 Å². The monoisotopic (exact) mass is 289 g/mol. The maximum absolute atomic E-state index is 11.5. The SMILES string of the molecule is O=C(O)CCCC(=O)NCCc1ncc2nccnc2n1. The van der Waals surface area contributed by atoms with Crippen LogP contribution in [0.1, 0.15) is 25.1 Å². The zero-order valence-electron chi connectivity index (χ0n) is 11.3. The molecule has 2 aromatic rings. The van der Waals surface area contributed by atoms with E-state index >= 15 is 0 Å². The lowest BCUT2D eigenvalue weighted by molar-refractivity contribution is -0.137. The highest BCUT2D eigenvalue weighted by Crippen LogP contribution is 2.03. The third-order valence-electron chi connectivity index (χ3n) is 2.74. The maximum atomic E-state index is 11.5. The van der Waals surface area contributed by atoms with E-state index in [1.54, 1.807) is 18.6 Å². The highest BCUT2D eigenvalue weighted by atomic mass is 16.4. The summed E-state index contributed by atoms with van der Waals surface area (Å²) in [4.78, 5) is 38.3. The maximum Gasteiger partial charge on any atom is 0.303 e. The van der Waals surface area contributed by atoms with E-state index in [9.17, 15) is 9.59 Å². The number of aromatic nitrogens is 4. The molecule has 2 N–H and O–H groups in total. The molecule has 2 aromatic heterocycles. The fraction of sp³-hybridized carbons (Fsp3) is 0.385. The van der Waals surface area contributed by atoms with E-state index in [0.717, 1.165) is 0 Å². The third-order valence-corrected chi connectivity index (χ3v) is 2.74. The summed E-state index contributed by atoms with van der Waals surface area (Å²) in [7, 11) is 0. The van der Waals surface area contributed by atoms with Gasteiger partial charge in [-0.05, 0) is 6.42 Å². The van der Waals surface area contributed by atoms with Gasteiger partial charge < -0.3 is 10.4 Å². The van der Waals surface area contributed by atoms with Crippen LogP contribution in [0.3, 0.4) is 0 Å². The van der Waals surface area contributed by atoms with Crippen molar-refractivity contribution in [2.45, 2.75) is 25.7 Å². The van der Waals surface area contributed by atoms with Crippen molar-refractivity contribution in [3.63, 3.8) is 0 Å². The average Bonchev–Trinajstić information content (AvgIpc) is 2.47. The predicted octanol–water partition coefficient (Wildman–Crippen LogP) is 0.333. The van der Waals surface area contributed by atoms with Crippen molar-refractivity contribution < 1.29 is 14.7 Å². The van der Waals surface area contributed by atoms with Gasteiger partial charge in [0, 0.05) is 38.2 Å². The van der Waals surface area contributed by atoms with E-state index in [1.165, 1.54) is 0 Å². The molecule has 0 saturated heterocycles. The van der Waals surface area contributed by atoms with Crippen molar-refractivity contribution in [3.8, 4) is 0 Å². The lowest BCUT2D eigenvalue weighted by Gasteiger charge is -2.04. The average molecular weight is 289 g/mol. The minimum Gasteiger partial charge on any atom is -0.481 e. The molecule has 0 bridgehead atoms. The van der Waals surface area contributed by atoms with Gasteiger partial charge in [-0.25, -0.2) is 19.9 Å². The van der Waals surface area contributed by atoms with Crippen LogP contribution in [0.4, 0.5) is 0 Å². The molecule has 8 heteroatoms. The van der Waals surface area contributed by atoms with Crippen LogP contribution in [-0.2, 0) is 16.0 Å². The Morgan fingerprint density at radius 3 is 2.76 bits per heavy atom. The number of fused-ring (bicyclic) bond motifs is 1. The van der Waals surface area contributed by atoms with Crippen LogP contribution in [0.2, 0.25) is 0 Å². The minimum atomic E-state index is -0.895. The Balaban J connectivity index is 1.77. The van der Waals surface area contributed by atoms with Crippen LogP contribution < -0.4 is 5.32 Å². The molecule has 0 saturated carbocycles. The molecule has 8 nitrogen and oxygen atoms in total. The fourth-order valence-corrected chi connectivity index (χ4v) is 1.73. The highest BCUT2D eigenvalue weighted by molar-refractivity contribution is 5.76. The number of hydrogen-bond acceptors (Lipinski definition) is 6. The van der Waals surface area contributed by atoms with Crippen molar-refractivity contribution in [2.24, 2.45) is 0 Å². The van der Waals surface area contributed by atoms with Crippen molar-refractivity contribution in [1.82, 2.24) is 25.3 Å². The number of nitrogens with one attached hydrogen (secondary N) is 1. The first-order valence-corrected chi connectivity index (χ1v) is 6.56. The van der Waals surface area contributed by atoms with Crippen LogP contribution in [0, 0.1) is 0 Å². The molecule has 110 valence electrons. The standard InChI is InChI=1S/C13H15N5O3/c19-11(2-1-3-12(20)21)15-5-4-10-17-8-9-13(18-10)16-7-6-14-9/h6-8H,1-5H2,(H,15,19)(H,20,21). The lowest BCUT2D eigenvalue weighted by Crippen LogP contribution is -2.26. The second-order valence-corrected chi connectivity index (χ2v) is 4.40. The van der Waals surface area contributed by atoms with E-state index in [2.05, 4.69) is 25.3 Å². The highest BCUT2D eigenvalue weighted by Gasteiger charge is 2.05. The molecular weight excluding hydrogens is 274 g/mol. The summed E-state index contributed by atoms with van der Waals surface area (Å²) in [5.74, 6) is -0.487. The summed E-state index contributed by atoms with van der Waals surface area (Å²) in [6, 6.07) is 0. The molecule has 0 radical (unpaired) electrons. The molecule has 0 aromatic carbocycles. The fourth-order valence-electron chi connectivity index (χ4n) is 1.73. The van der Waals surface area contributed by atoms with Gasteiger partial charge in [0.15, 0.2) is 5.65 Å². The first kappa shape index (κ1) is 14.8. The Labute approximate surface area is 120 Å². The minimum absolute atomic E-state index is 0.000124. The van der Waals surface area contributed by atoms with E-state index < -0.39 is 5.97 Å². The van der Waals surface area contributed by atoms with Gasteiger partial charge in [0.1, 0.15) is 11.3 Å². The Hall–Kier alpha value is -2.64. The number of hydrogen-bond donors (Lipinski definition) is 2. The molecule has 0 fully saturated rings. The van der Waals surface area contributed by atoms with Crippen LogP contribution in [0.15, 0.2) is 18.6 Å². The van der Waals surface area contributed by atoms with Crippen LogP contribution in [0.5, 0.6) is 0 Å². The van der Waals surface area contributed by atoms with Crippen molar-refractivity contribution in [2.75, 3.05) is 6.54 Å². The predicted molar refractivity (Wildman–Crippen MR) is 73.3 cm³/mol. The molecular formula is C13H15N5O3. The number of carboxylic acids is 1. The summed E-state index contributed by atoms with van der Waals surface area (Å²) < 4.78 is 0. The van der Waals surface area contributed by atoms with E-state index in [1.807, 2.05) is 0 Å². The van der Waals surface area contributed by atoms with Gasteiger partial charge in [-0.1, -0.05) is 0 Å². The quantitative estimate of drug-likeness (QED) is 0.754. The van der Waals surface area contributed by atoms with Crippen molar-refractivity contribution in [1.29, 1.82) is 0 Å². The van der Waals surface area contributed by atoms with Gasteiger partial charge in [-0.2, -0.15) is 0 Å². The summed E-state index contributed by atoms with van der Waals surface area (Å²) >= 11 is 0. The van der Waals surface area contributed by atoms with E-state index in [4.69, 9.17) is 5.11 Å². The number of nitrogens with zero attached hydrogens (tertiary/aromatic N) is 4. The van der Waals surface area contributed by atoms with Crippen LogP contribution in [0.25, 0.3) is 11.2 Å². The summed E-state index contributed by atoms with van der Waals surface area (Å²) in [6.45, 7) is 0.400. The number of carbonyl (C=O) groups is 2. The molecule has 21 heavy (non-hydrogen) atoms. The van der Waals surface area contributed by atoms with Gasteiger partial charge in [-0.3, -0.25) is 9.59 Å². The second kappa shape index (κ2) is 7.22. The summed E-state index contributed by atoms with van der Waals surface area (Å²) in [5, 5.41) is 11.2. The van der Waals surface area contributed by atoms with Gasteiger partial charge in [0.05, 0.1) is 6.20 Å². The summed E-state index contributed by atoms with van der Waals surface area (Å²) in [6.07, 6.45) is 5.75. The molecule has 0 spiro atoms. The largest absolute Gasteiger partial charge is 0.481 e. The Morgan fingerprint density at radius 2 is 1.95 bits per heavy atom. The molecule has 0 aliphatic carbocycles. The molecule has 0 unspecified atom stereocenters. The van der Waals surface area contributed by atoms with Gasteiger partial charge in [0.2, 0.25) is 5.91 Å². The van der Waals surface area contributed by atoms with Crippen molar-refractivity contribution >= 4 is 23.0 Å². The number of carbonyl (C=O) groups excluding carboxylic acids is 1. The Kier molecular flexibility index (Phi) is 5.08. The molecule has 0 atom stereocenters. The van der Waals surface area contributed by atoms with E-state index in [0.29, 0.717) is 36.4 Å². The summed E-state index contributed by atoms with van der Waals surface area (Å²) in [5.41, 5.74) is 1.15. The molecule has 2 heterocycles. The van der Waals surface area contributed by atoms with E-state index in [-0.39, 0.29) is 18.7 Å². The lowest BCUT2D eigenvalue weighted by atomic mass is 10.2. The number of aliphatic carboxylic acids is 1. The topological polar surface area (TPSA) is 118 Å². The molecule has 0 aliphatic heterocycles. The van der Waals surface area contributed by atoms with Crippen LogP contribution in [-0.4, -0.2) is 43.5 Å². The Bertz CT molecular complexity index is 646. The smallest absolute Gasteiger partial charge is 0.303 e. The molecule has 0 aliphatic rings. The number of carboxylic acid groups (broad SMARTS) is 1. The normalized spacial score (nSPS) is 10.5. The van der Waals surface area contributed by atoms with Gasteiger partial charge >= 0.3 is 5.97 Å². The van der Waals surface area contributed by atoms with Crippen LogP contribution >= 0.6 is 0 Å². The van der Waals surface area contributed by atoms with Gasteiger partial charge in [0.25, 0.3) is 0 Å². The zero-order valence-corrected chi connectivity index (χ0v) is 11.3. The van der Waals surface area contributed by atoms with Crippen molar-refractivity contribution in [3.05, 3.63) is 24.4 Å². The first-order valence-electron chi connectivity index (χ1n) is 6.56. The molecule has 2 rings (SSSR count). The number of rotatable bonds is 7.